The van der Waals surface area contributed by atoms with Crippen LogP contribution in [0.3, 0.4) is 0 Å². The van der Waals surface area contributed by atoms with Crippen LogP contribution >= 0.6 is 0 Å². The van der Waals surface area contributed by atoms with Gasteiger partial charge < -0.3 is 24.8 Å². The van der Waals surface area contributed by atoms with Crippen molar-refractivity contribution in [1.29, 1.82) is 0 Å². The van der Waals surface area contributed by atoms with E-state index in [1.165, 1.54) is 33.4 Å². The molecule has 0 saturated heterocycles. The molecule has 4 aromatic rings. The molecule has 0 bridgehead atoms. The zero-order valence-corrected chi connectivity index (χ0v) is 25.8. The van der Waals surface area contributed by atoms with Crippen molar-refractivity contribution >= 4 is 23.1 Å². The Morgan fingerprint density at radius 3 is 1.24 bits per heavy atom. The third kappa shape index (κ3) is 5.02. The van der Waals surface area contributed by atoms with Crippen LogP contribution in [0.2, 0.25) is 9.26 Å². The van der Waals surface area contributed by atoms with Crippen molar-refractivity contribution in [2.75, 3.05) is 0 Å². The van der Waals surface area contributed by atoms with Gasteiger partial charge in [0.15, 0.2) is 0 Å². The molecule has 38 heavy (non-hydrogen) atoms. The van der Waals surface area contributed by atoms with Gasteiger partial charge in [-0.05, 0) is 11.0 Å². The van der Waals surface area contributed by atoms with Crippen molar-refractivity contribution in [1.82, 2.24) is 0 Å². The molecule has 2 aliphatic rings. The average molecular weight is 635 g/mol. The number of fused-ring (bicyclic) bond motifs is 2. The van der Waals surface area contributed by atoms with Crippen LogP contribution in [-0.2, 0) is 20.3 Å². The topological polar surface area (TPSA) is 0 Å². The molecule has 6 rings (SSSR count). The van der Waals surface area contributed by atoms with Crippen LogP contribution in [0.4, 0.5) is 0 Å². The maximum absolute atomic E-state index is 2.81. The van der Waals surface area contributed by atoms with E-state index in [-0.39, 0.29) is 35.8 Å². The Morgan fingerprint density at radius 2 is 0.868 bits per heavy atom. The summed E-state index contributed by atoms with van der Waals surface area (Å²) in [7, 11) is 0. The van der Waals surface area contributed by atoms with Gasteiger partial charge in [0.25, 0.3) is 0 Å². The molecule has 4 aromatic carbocycles. The molecule has 194 valence electrons. The summed E-state index contributed by atoms with van der Waals surface area (Å²) in [5, 5.41) is 0. The first-order chi connectivity index (χ1) is 17.0. The van der Waals surface area contributed by atoms with E-state index < -0.39 is 20.3 Å². The van der Waals surface area contributed by atoms with Crippen molar-refractivity contribution in [2.24, 2.45) is 0 Å². The molecule has 0 heterocycles. The van der Waals surface area contributed by atoms with Gasteiger partial charge in [0.1, 0.15) is 0 Å². The van der Waals surface area contributed by atoms with Crippen molar-refractivity contribution in [3.8, 4) is 22.3 Å². The normalized spacial score (nSPS) is 16.7. The zero-order chi connectivity index (χ0) is 24.2. The van der Waals surface area contributed by atoms with Crippen LogP contribution < -0.4 is 24.8 Å². The second kappa shape index (κ2) is 12.1. The molecule has 0 saturated carbocycles. The molecule has 0 spiro atoms. The predicted molar refractivity (Wildman–Crippen MR) is 160 cm³/mol. The molecule has 2 aliphatic carbocycles. The van der Waals surface area contributed by atoms with E-state index >= 15 is 0 Å². The Balaban J connectivity index is 0.00000133. The molecule has 0 amide bonds. The van der Waals surface area contributed by atoms with Crippen LogP contribution in [-0.4, -0.2) is 11.0 Å². The summed E-state index contributed by atoms with van der Waals surface area (Å²) >= 11 is -2.81. The Hall–Kier alpha value is -1.96. The first-order valence-electron chi connectivity index (χ1n) is 12.7. The smallest absolute Gasteiger partial charge is 0.0149 e. The second-order valence-electron chi connectivity index (χ2n) is 10.8. The van der Waals surface area contributed by atoms with Crippen LogP contribution in [0.5, 0.6) is 0 Å². The van der Waals surface area contributed by atoms with E-state index in [1.807, 2.05) is 0 Å². The summed E-state index contributed by atoms with van der Waals surface area (Å²) in [6.07, 6.45) is 4.99. The first kappa shape index (κ1) is 30.6. The van der Waals surface area contributed by atoms with Gasteiger partial charge in [0.05, 0.1) is 0 Å². The number of halogens is 2. The molecule has 2 unspecified atom stereocenters. The van der Waals surface area contributed by atoms with Gasteiger partial charge in [-0.2, -0.15) is 0 Å². The predicted octanol–water partition coefficient (Wildman–Crippen LogP) is 2.44. The largest absolute Gasteiger partial charge is 1.00 e. The summed E-state index contributed by atoms with van der Waals surface area (Å²) < 4.78 is 6.55. The molecule has 0 aromatic heterocycles. The fraction of sp³-hybridized carbons (Fsp3) is 0.176. The van der Waals surface area contributed by atoms with Crippen molar-refractivity contribution in [2.45, 2.75) is 30.4 Å². The summed E-state index contributed by atoms with van der Waals surface area (Å²) in [5.41, 5.74) is 14.5. The molecule has 2 atom stereocenters. The molecule has 0 nitrogen and oxygen atoms in total. The van der Waals surface area contributed by atoms with E-state index in [0.29, 0.717) is 7.25 Å². The number of allylic oxidation sites excluding steroid dienone is 2. The van der Waals surface area contributed by atoms with Crippen LogP contribution in [0.25, 0.3) is 34.4 Å². The van der Waals surface area contributed by atoms with Gasteiger partial charge in [-0.1, -0.05) is 0 Å². The van der Waals surface area contributed by atoms with Crippen LogP contribution in [0.15, 0.2) is 108 Å². The van der Waals surface area contributed by atoms with E-state index in [9.17, 15) is 0 Å². The standard InChI is InChI=1S/2C16H13.2CH3.2ClH.H4Si.Zr/c2*1-12-10-14-8-5-9-15(16(14)11-12)13-6-3-2-4-7-13;;;;;;/h2*2-11H,1H3;2*1H3;2*1H;1H4;/q;;;;;;;+2/p-2. The third-order valence-corrected chi connectivity index (χ3v) is 19.3. The monoisotopic (exact) mass is 632 g/mol. The minimum Gasteiger partial charge on any atom is -1.00 e. The Labute approximate surface area is 249 Å². The number of benzene rings is 4. The molecule has 0 N–H and O–H groups in total. The van der Waals surface area contributed by atoms with E-state index in [1.54, 1.807) is 22.3 Å². The fourth-order valence-electron chi connectivity index (χ4n) is 6.99. The van der Waals surface area contributed by atoms with Gasteiger partial charge in [-0.3, -0.25) is 0 Å². The summed E-state index contributed by atoms with van der Waals surface area (Å²) in [4.78, 5) is 0. The Morgan fingerprint density at radius 1 is 0.500 bits per heavy atom. The summed E-state index contributed by atoms with van der Waals surface area (Å²) in [6.45, 7) is 4.76. The van der Waals surface area contributed by atoms with Gasteiger partial charge in [-0.15, -0.1) is 0 Å². The molecule has 0 aliphatic heterocycles. The molecular weight excluding hydrogens is 599 g/mol. The summed E-state index contributed by atoms with van der Waals surface area (Å²) in [5.74, 6) is 0. The van der Waals surface area contributed by atoms with Crippen molar-refractivity contribution < 1.29 is 45.1 Å². The minimum atomic E-state index is -2.81. The zero-order valence-electron chi connectivity index (χ0n) is 21.8. The van der Waals surface area contributed by atoms with Gasteiger partial charge in [0.2, 0.25) is 0 Å². The van der Waals surface area contributed by atoms with Crippen LogP contribution in [0, 0.1) is 0 Å². The van der Waals surface area contributed by atoms with E-state index in [4.69, 9.17) is 0 Å². The number of hydrogen-bond acceptors (Lipinski definition) is 0. The number of rotatable bonds is 4. The molecule has 4 heteroatoms. The van der Waals surface area contributed by atoms with E-state index in [2.05, 4.69) is 132 Å². The van der Waals surface area contributed by atoms with Gasteiger partial charge in [0, 0.05) is 0 Å². The molecular formula is C34H36Cl2SiZr. The Kier molecular flexibility index (Phi) is 9.70. The van der Waals surface area contributed by atoms with Crippen molar-refractivity contribution in [3.05, 3.63) is 130 Å². The fourth-order valence-corrected chi connectivity index (χ4v) is 19.2. The molecule has 0 radical (unpaired) electrons. The second-order valence-corrected chi connectivity index (χ2v) is 22.6. The maximum atomic E-state index is 2.69. The SMILES string of the molecule is CC1=Cc2c(-c3ccccc3)cccc2[CH]1[Zr+2]([CH3])([CH3])[CH]1C(C)=Cc2c(-c3ccccc3)cccc21.[Cl-].[Cl-].[SiH4]. The maximum Gasteiger partial charge on any atom is -0.0149 e. The summed E-state index contributed by atoms with van der Waals surface area (Å²) in [6, 6.07) is 35.7. The van der Waals surface area contributed by atoms with E-state index in [0.717, 1.165) is 0 Å². The molecule has 0 fully saturated rings. The third-order valence-electron chi connectivity index (χ3n) is 8.21. The van der Waals surface area contributed by atoms with Gasteiger partial charge in [-0.25, -0.2) is 0 Å². The quantitative estimate of drug-likeness (QED) is 0.303. The Bertz CT molecular complexity index is 1380. The van der Waals surface area contributed by atoms with Crippen molar-refractivity contribution in [3.63, 3.8) is 0 Å². The number of hydrogen-bond donors (Lipinski definition) is 0. The van der Waals surface area contributed by atoms with Crippen LogP contribution in [0.1, 0.15) is 43.4 Å². The van der Waals surface area contributed by atoms with Gasteiger partial charge >= 0.3 is 215 Å². The average Bonchev–Trinajstić information content (AvgIpc) is 3.41. The first-order valence-corrected chi connectivity index (χ1v) is 20.5. The minimum absolute atomic E-state index is 0.